The van der Waals surface area contributed by atoms with Crippen LogP contribution in [-0.2, 0) is 6.42 Å². The number of nitro benzene ring substituents is 1. The van der Waals surface area contributed by atoms with Gasteiger partial charge in [0.2, 0.25) is 5.78 Å². The molecule has 0 spiro atoms. The Labute approximate surface area is 171 Å². The molecular weight excluding hydrogens is 398 g/mol. The monoisotopic (exact) mass is 416 g/mol. The fraction of sp³-hybridized carbons (Fsp3) is 0.238. The van der Waals surface area contributed by atoms with Gasteiger partial charge in [0.25, 0.3) is 5.69 Å². The summed E-state index contributed by atoms with van der Waals surface area (Å²) in [6.45, 7) is -1.19. The molecule has 0 fully saturated rings. The molecule has 0 saturated carbocycles. The van der Waals surface area contributed by atoms with E-state index >= 15 is 0 Å². The van der Waals surface area contributed by atoms with Crippen LogP contribution in [0.25, 0.3) is 6.08 Å². The number of ketones is 1. The van der Waals surface area contributed by atoms with Crippen LogP contribution in [-0.4, -0.2) is 24.4 Å². The summed E-state index contributed by atoms with van der Waals surface area (Å²) < 4.78 is 34.3. The summed E-state index contributed by atoms with van der Waals surface area (Å²) in [5.41, 5.74) is 0.142. The molecule has 0 amide bonds. The molecule has 156 valence electrons. The van der Waals surface area contributed by atoms with Crippen LogP contribution in [0.5, 0.6) is 11.5 Å². The van der Waals surface area contributed by atoms with Gasteiger partial charge >= 0.3 is 6.61 Å². The first kappa shape index (κ1) is 22.5. The molecule has 0 saturated heterocycles. The molecule has 0 aliphatic heterocycles. The number of benzene rings is 2. The van der Waals surface area contributed by atoms with Crippen molar-refractivity contribution in [2.24, 2.45) is 0 Å². The first-order valence-electron chi connectivity index (χ1n) is 8.87. The highest BCUT2D eigenvalue weighted by molar-refractivity contribution is 6.14. The predicted molar refractivity (Wildman–Crippen MR) is 105 cm³/mol. The molecule has 30 heavy (non-hydrogen) atoms. The molecule has 2 aromatic carbocycles. The minimum atomic E-state index is -3.22. The first-order chi connectivity index (χ1) is 14.3. The lowest BCUT2D eigenvalue weighted by Gasteiger charge is -2.11. The third kappa shape index (κ3) is 5.38. The number of allylic oxidation sites excluding steroid dienone is 1. The molecule has 9 heteroatoms. The highest BCUT2D eigenvalue weighted by Crippen LogP contribution is 2.36. The summed E-state index contributed by atoms with van der Waals surface area (Å²) in [5.74, 6) is -1.37. The number of aryl methyl sites for hydroxylation is 1. The molecule has 0 aliphatic carbocycles. The number of nitrogens with zero attached hydrogens (tertiary/aromatic N) is 2. The Morgan fingerprint density at radius 2 is 1.93 bits per heavy atom. The number of methoxy groups -OCH3 is 1. The molecular formula is C21H18F2N2O5. The third-order valence-corrected chi connectivity index (χ3v) is 4.15. The largest absolute Gasteiger partial charge is 0.493 e. The maximum absolute atomic E-state index is 12.7. The second-order valence-corrected chi connectivity index (χ2v) is 6.14. The number of hydrogen-bond donors (Lipinski definition) is 0. The van der Waals surface area contributed by atoms with Crippen LogP contribution in [0, 0.1) is 21.4 Å². The maximum Gasteiger partial charge on any atom is 0.387 e. The minimum absolute atomic E-state index is 0.161. The van der Waals surface area contributed by atoms with Gasteiger partial charge in [-0.2, -0.15) is 14.0 Å². The van der Waals surface area contributed by atoms with Gasteiger partial charge in [-0.05, 0) is 24.1 Å². The van der Waals surface area contributed by atoms with Crippen molar-refractivity contribution in [2.75, 3.05) is 7.11 Å². The van der Waals surface area contributed by atoms with Gasteiger partial charge in [0.15, 0.2) is 11.5 Å². The topological polar surface area (TPSA) is 102 Å². The van der Waals surface area contributed by atoms with Crippen molar-refractivity contribution >= 4 is 17.5 Å². The second-order valence-electron chi connectivity index (χ2n) is 6.14. The fourth-order valence-electron chi connectivity index (χ4n) is 2.76. The quantitative estimate of drug-likeness (QED) is 0.188. The van der Waals surface area contributed by atoms with E-state index in [2.05, 4.69) is 4.74 Å². The van der Waals surface area contributed by atoms with E-state index in [1.165, 1.54) is 7.11 Å². The van der Waals surface area contributed by atoms with Crippen molar-refractivity contribution in [1.82, 2.24) is 0 Å². The van der Waals surface area contributed by atoms with Crippen LogP contribution in [0.3, 0.4) is 0 Å². The Balaban J connectivity index is 2.50. The minimum Gasteiger partial charge on any atom is -0.493 e. The van der Waals surface area contributed by atoms with Crippen LogP contribution in [0.15, 0.2) is 42.0 Å². The van der Waals surface area contributed by atoms with E-state index in [0.29, 0.717) is 0 Å². The van der Waals surface area contributed by atoms with E-state index in [9.17, 15) is 29.0 Å². The van der Waals surface area contributed by atoms with Gasteiger partial charge in [-0.25, -0.2) is 0 Å². The smallest absolute Gasteiger partial charge is 0.387 e. The number of rotatable bonds is 9. The number of halogens is 2. The summed E-state index contributed by atoms with van der Waals surface area (Å²) in [5, 5.41) is 20.8. The third-order valence-electron chi connectivity index (χ3n) is 4.15. The highest BCUT2D eigenvalue weighted by Gasteiger charge is 2.22. The van der Waals surface area contributed by atoms with Crippen molar-refractivity contribution in [2.45, 2.75) is 26.4 Å². The number of hydrogen-bond acceptors (Lipinski definition) is 6. The molecule has 0 atom stereocenters. The Bertz CT molecular complexity index is 1010. The van der Waals surface area contributed by atoms with Crippen molar-refractivity contribution in [3.05, 3.63) is 68.8 Å². The van der Waals surface area contributed by atoms with Gasteiger partial charge in [-0.1, -0.05) is 37.6 Å². The summed E-state index contributed by atoms with van der Waals surface area (Å²) >= 11 is 0. The van der Waals surface area contributed by atoms with Crippen LogP contribution < -0.4 is 9.47 Å². The number of nitro groups is 1. The van der Waals surface area contributed by atoms with Gasteiger partial charge in [-0.3, -0.25) is 14.9 Å². The standard InChI is InChI=1S/C21H18F2N2O5/c1-3-4-13-5-7-14(8-6-13)20(26)16(12-24)9-15-10-18(29-2)19(30-21(22)23)11-17(15)25(27)28/h5-11,21H,3-4H2,1-2H3/b16-9+. The average Bonchev–Trinajstić information content (AvgIpc) is 2.72. The van der Waals surface area contributed by atoms with Crippen LogP contribution in [0.4, 0.5) is 14.5 Å². The Hall–Kier alpha value is -3.80. The molecule has 0 aliphatic rings. The van der Waals surface area contributed by atoms with E-state index in [1.807, 2.05) is 6.92 Å². The number of carbonyl (C=O) groups excluding carboxylic acids is 1. The number of carbonyl (C=O) groups is 1. The zero-order valence-electron chi connectivity index (χ0n) is 16.2. The van der Waals surface area contributed by atoms with Crippen molar-refractivity contribution < 1.29 is 28.0 Å². The van der Waals surface area contributed by atoms with E-state index < -0.39 is 28.8 Å². The molecule has 0 unspecified atom stereocenters. The number of alkyl halides is 2. The van der Waals surface area contributed by atoms with Gasteiger partial charge in [0.1, 0.15) is 11.6 Å². The second kappa shape index (κ2) is 10.1. The Morgan fingerprint density at radius 3 is 2.43 bits per heavy atom. The molecule has 0 aromatic heterocycles. The van der Waals surface area contributed by atoms with Crippen molar-refractivity contribution in [3.8, 4) is 17.6 Å². The van der Waals surface area contributed by atoms with Gasteiger partial charge in [0.05, 0.1) is 23.7 Å². The molecule has 0 heterocycles. The zero-order chi connectivity index (χ0) is 22.3. The lowest BCUT2D eigenvalue weighted by atomic mass is 9.99. The molecule has 0 N–H and O–H groups in total. The predicted octanol–water partition coefficient (Wildman–Crippen LogP) is 4.95. The lowest BCUT2D eigenvalue weighted by Crippen LogP contribution is -2.06. The normalized spacial score (nSPS) is 11.1. The van der Waals surface area contributed by atoms with Crippen LogP contribution in [0.1, 0.15) is 34.8 Å². The summed E-state index contributed by atoms with van der Waals surface area (Å²) in [6.07, 6.45) is 2.80. The van der Waals surface area contributed by atoms with Gasteiger partial charge in [0, 0.05) is 5.56 Å². The number of Topliss-reactive ketones (excluding diaryl/α,β-unsaturated/α-hetero) is 1. The fourth-order valence-corrected chi connectivity index (χ4v) is 2.76. The molecule has 0 radical (unpaired) electrons. The van der Waals surface area contributed by atoms with Crippen LogP contribution >= 0.6 is 0 Å². The van der Waals surface area contributed by atoms with E-state index in [4.69, 9.17) is 4.74 Å². The Kier molecular flexibility index (Phi) is 7.58. The molecule has 2 rings (SSSR count). The molecule has 2 aromatic rings. The van der Waals surface area contributed by atoms with E-state index in [-0.39, 0.29) is 22.4 Å². The van der Waals surface area contributed by atoms with Crippen molar-refractivity contribution in [3.63, 3.8) is 0 Å². The van der Waals surface area contributed by atoms with Gasteiger partial charge < -0.3 is 9.47 Å². The lowest BCUT2D eigenvalue weighted by molar-refractivity contribution is -0.385. The summed E-state index contributed by atoms with van der Waals surface area (Å²) in [4.78, 5) is 23.2. The van der Waals surface area contributed by atoms with Crippen molar-refractivity contribution in [1.29, 1.82) is 5.26 Å². The number of nitriles is 1. The summed E-state index contributed by atoms with van der Waals surface area (Å²) in [7, 11) is 1.17. The first-order valence-corrected chi connectivity index (χ1v) is 8.87. The number of ether oxygens (including phenoxy) is 2. The molecule has 0 bridgehead atoms. The SMILES string of the molecule is CCCc1ccc(C(=O)/C(C#N)=C/c2cc(OC)c(OC(F)F)cc2[N+](=O)[O-])cc1. The molecule has 7 nitrogen and oxygen atoms in total. The van der Waals surface area contributed by atoms with Crippen LogP contribution in [0.2, 0.25) is 0 Å². The van der Waals surface area contributed by atoms with Gasteiger partial charge in [-0.15, -0.1) is 0 Å². The highest BCUT2D eigenvalue weighted by atomic mass is 19.3. The maximum atomic E-state index is 12.7. The van der Waals surface area contributed by atoms with E-state index in [1.54, 1.807) is 30.3 Å². The summed E-state index contributed by atoms with van der Waals surface area (Å²) in [6, 6.07) is 10.3. The van der Waals surface area contributed by atoms with E-state index in [0.717, 1.165) is 36.6 Å². The average molecular weight is 416 g/mol. The zero-order valence-corrected chi connectivity index (χ0v) is 16.2. The Morgan fingerprint density at radius 1 is 1.27 bits per heavy atom.